The van der Waals surface area contributed by atoms with E-state index >= 15 is 0 Å². The molecule has 5 nitrogen and oxygen atoms in total. The maximum atomic E-state index is 12.0. The highest BCUT2D eigenvalue weighted by atomic mass is 35.5. The Morgan fingerprint density at radius 1 is 1.22 bits per heavy atom. The fourth-order valence-corrected chi connectivity index (χ4v) is 2.81. The summed E-state index contributed by atoms with van der Waals surface area (Å²) in [7, 11) is 0. The monoisotopic (exact) mass is 401 g/mol. The lowest BCUT2D eigenvalue weighted by molar-refractivity contribution is -0.138. The molecule has 27 heavy (non-hydrogen) atoms. The second-order valence-electron chi connectivity index (χ2n) is 5.18. The van der Waals surface area contributed by atoms with E-state index in [1.165, 1.54) is 17.8 Å². The Balaban J connectivity index is 2.00. The molecule has 0 saturated carbocycles. The van der Waals surface area contributed by atoms with Gasteiger partial charge in [-0.15, -0.1) is 11.8 Å². The van der Waals surface area contributed by atoms with E-state index < -0.39 is 11.9 Å². The zero-order valence-corrected chi connectivity index (χ0v) is 16.0. The van der Waals surface area contributed by atoms with Gasteiger partial charge in [-0.1, -0.05) is 23.7 Å². The van der Waals surface area contributed by atoms with Crippen LogP contribution in [0.15, 0.2) is 59.0 Å². The molecular formula is C20H16ClNO4S. The average Bonchev–Trinajstić information content (AvgIpc) is 2.66. The molecule has 0 saturated heterocycles. The van der Waals surface area contributed by atoms with Crippen LogP contribution in [0.5, 0.6) is 5.75 Å². The molecule has 2 aromatic carbocycles. The molecule has 0 amide bonds. The van der Waals surface area contributed by atoms with Crippen molar-refractivity contribution in [2.24, 2.45) is 0 Å². The first-order valence-electron chi connectivity index (χ1n) is 8.00. The standard InChI is InChI=1S/C20H16ClNO4S/c1-2-25-20(24)15(12-22)10-14-4-3-5-17(11-14)26-19(23)13-27-18-8-6-16(21)7-9-18/h3-11H,2,13H2,1H3/b15-10+. The van der Waals surface area contributed by atoms with Gasteiger partial charge in [-0.25, -0.2) is 4.79 Å². The molecule has 138 valence electrons. The SMILES string of the molecule is CCOC(=O)/C(C#N)=C/c1cccc(OC(=O)CSc2ccc(Cl)cc2)c1. The molecule has 7 heteroatoms. The number of hydrogen-bond donors (Lipinski definition) is 0. The Labute approximate surface area is 166 Å². The van der Waals surface area contributed by atoms with E-state index in [1.54, 1.807) is 49.4 Å². The third kappa shape index (κ3) is 6.81. The second kappa shape index (κ2) is 10.4. The topological polar surface area (TPSA) is 76.4 Å². The zero-order chi connectivity index (χ0) is 19.6. The van der Waals surface area contributed by atoms with E-state index in [9.17, 15) is 9.59 Å². The van der Waals surface area contributed by atoms with Gasteiger partial charge >= 0.3 is 11.9 Å². The van der Waals surface area contributed by atoms with E-state index in [-0.39, 0.29) is 17.9 Å². The first kappa shape index (κ1) is 20.6. The van der Waals surface area contributed by atoms with Gasteiger partial charge in [0.1, 0.15) is 17.4 Å². The van der Waals surface area contributed by atoms with E-state index in [4.69, 9.17) is 26.3 Å². The number of rotatable bonds is 7. The molecule has 2 rings (SSSR count). The summed E-state index contributed by atoms with van der Waals surface area (Å²) < 4.78 is 10.1. The van der Waals surface area contributed by atoms with Crippen LogP contribution >= 0.6 is 23.4 Å². The summed E-state index contributed by atoms with van der Waals surface area (Å²) in [6.07, 6.45) is 1.39. The Morgan fingerprint density at radius 2 is 1.96 bits per heavy atom. The fourth-order valence-electron chi connectivity index (χ4n) is 2.01. The minimum atomic E-state index is -0.693. The highest BCUT2D eigenvalue weighted by Gasteiger charge is 2.11. The van der Waals surface area contributed by atoms with Crippen LogP contribution in [0.2, 0.25) is 5.02 Å². The molecule has 0 aliphatic rings. The molecular weight excluding hydrogens is 386 g/mol. The number of halogens is 1. The van der Waals surface area contributed by atoms with Crippen molar-refractivity contribution in [3.63, 3.8) is 0 Å². The normalized spacial score (nSPS) is 10.8. The van der Waals surface area contributed by atoms with Gasteiger partial charge in [-0.2, -0.15) is 5.26 Å². The molecule has 0 spiro atoms. The minimum absolute atomic E-state index is 0.126. The van der Waals surface area contributed by atoms with E-state index in [0.29, 0.717) is 16.3 Å². The molecule has 0 unspecified atom stereocenters. The first-order valence-corrected chi connectivity index (χ1v) is 9.36. The van der Waals surface area contributed by atoms with Gasteiger partial charge < -0.3 is 9.47 Å². The van der Waals surface area contributed by atoms with E-state index in [2.05, 4.69) is 0 Å². The maximum absolute atomic E-state index is 12.0. The summed E-state index contributed by atoms with van der Waals surface area (Å²) in [5.41, 5.74) is 0.425. The van der Waals surface area contributed by atoms with Crippen molar-refractivity contribution in [2.75, 3.05) is 12.4 Å². The van der Waals surface area contributed by atoms with Gasteiger partial charge in [0.15, 0.2) is 0 Å². The number of benzene rings is 2. The van der Waals surface area contributed by atoms with Crippen molar-refractivity contribution in [1.82, 2.24) is 0 Å². The van der Waals surface area contributed by atoms with Crippen LogP contribution in [0.1, 0.15) is 12.5 Å². The van der Waals surface area contributed by atoms with Crippen molar-refractivity contribution in [2.45, 2.75) is 11.8 Å². The second-order valence-corrected chi connectivity index (χ2v) is 6.66. The smallest absolute Gasteiger partial charge is 0.348 e. The number of nitrogens with zero attached hydrogens (tertiary/aromatic N) is 1. The Kier molecular flexibility index (Phi) is 7.93. The third-order valence-electron chi connectivity index (χ3n) is 3.19. The molecule has 0 heterocycles. The first-order chi connectivity index (χ1) is 13.0. The number of thioether (sulfide) groups is 1. The van der Waals surface area contributed by atoms with Gasteiger partial charge in [-0.05, 0) is 55.0 Å². The molecule has 0 N–H and O–H groups in total. The Bertz CT molecular complexity index is 888. The number of carbonyl (C=O) groups is 2. The lowest BCUT2D eigenvalue weighted by Gasteiger charge is -2.06. The van der Waals surface area contributed by atoms with Gasteiger partial charge in [0.2, 0.25) is 0 Å². The van der Waals surface area contributed by atoms with Crippen molar-refractivity contribution in [3.8, 4) is 11.8 Å². The molecule has 0 aliphatic heterocycles. The van der Waals surface area contributed by atoms with E-state index in [1.807, 2.05) is 12.1 Å². The average molecular weight is 402 g/mol. The Morgan fingerprint density at radius 3 is 2.63 bits per heavy atom. The van der Waals surface area contributed by atoms with Crippen LogP contribution in [0.25, 0.3) is 6.08 Å². The molecule has 0 aromatic heterocycles. The van der Waals surface area contributed by atoms with Gasteiger partial charge in [0, 0.05) is 9.92 Å². The highest BCUT2D eigenvalue weighted by molar-refractivity contribution is 8.00. The third-order valence-corrected chi connectivity index (χ3v) is 4.42. The van der Waals surface area contributed by atoms with Gasteiger partial charge in [0.05, 0.1) is 12.4 Å². The van der Waals surface area contributed by atoms with Gasteiger partial charge in [-0.3, -0.25) is 4.79 Å². The fraction of sp³-hybridized carbons (Fsp3) is 0.150. The number of esters is 2. The van der Waals surface area contributed by atoms with Crippen molar-refractivity contribution in [1.29, 1.82) is 5.26 Å². The molecule has 0 atom stereocenters. The molecule has 0 aliphatic carbocycles. The number of hydrogen-bond acceptors (Lipinski definition) is 6. The lowest BCUT2D eigenvalue weighted by atomic mass is 10.1. The van der Waals surface area contributed by atoms with Crippen LogP contribution in [0.3, 0.4) is 0 Å². The summed E-state index contributed by atoms with van der Waals surface area (Å²) in [6, 6.07) is 15.5. The quantitative estimate of drug-likeness (QED) is 0.223. The van der Waals surface area contributed by atoms with Crippen LogP contribution in [0, 0.1) is 11.3 Å². The van der Waals surface area contributed by atoms with Crippen LogP contribution in [0.4, 0.5) is 0 Å². The largest absolute Gasteiger partial charge is 0.462 e. The van der Waals surface area contributed by atoms with Crippen molar-refractivity contribution < 1.29 is 19.1 Å². The molecule has 2 aromatic rings. The minimum Gasteiger partial charge on any atom is -0.462 e. The van der Waals surface area contributed by atoms with E-state index in [0.717, 1.165) is 4.90 Å². The summed E-state index contributed by atoms with van der Waals surface area (Å²) >= 11 is 7.16. The molecule has 0 radical (unpaired) electrons. The zero-order valence-electron chi connectivity index (χ0n) is 14.5. The molecule has 0 fully saturated rings. The summed E-state index contributed by atoms with van der Waals surface area (Å²) in [6.45, 7) is 1.84. The number of ether oxygens (including phenoxy) is 2. The number of carbonyl (C=O) groups excluding carboxylic acids is 2. The number of nitriles is 1. The van der Waals surface area contributed by atoms with Crippen LogP contribution in [-0.2, 0) is 14.3 Å². The van der Waals surface area contributed by atoms with Crippen molar-refractivity contribution >= 4 is 41.4 Å². The summed E-state index contributed by atoms with van der Waals surface area (Å²) in [5, 5.41) is 9.71. The predicted octanol–water partition coefficient (Wildman–Crippen LogP) is 4.51. The van der Waals surface area contributed by atoms with Crippen LogP contribution < -0.4 is 4.74 Å². The highest BCUT2D eigenvalue weighted by Crippen LogP contribution is 2.22. The Hall–Kier alpha value is -2.75. The summed E-state index contributed by atoms with van der Waals surface area (Å²) in [4.78, 5) is 24.6. The van der Waals surface area contributed by atoms with Crippen molar-refractivity contribution in [3.05, 3.63) is 64.7 Å². The predicted molar refractivity (Wildman–Crippen MR) is 104 cm³/mol. The summed E-state index contributed by atoms with van der Waals surface area (Å²) in [5.74, 6) is -0.649. The molecule has 0 bridgehead atoms. The van der Waals surface area contributed by atoms with Gasteiger partial charge in [0.25, 0.3) is 0 Å². The lowest BCUT2D eigenvalue weighted by Crippen LogP contribution is -2.10. The van der Waals surface area contributed by atoms with Crippen LogP contribution in [-0.4, -0.2) is 24.3 Å². The maximum Gasteiger partial charge on any atom is 0.348 e.